The van der Waals surface area contributed by atoms with Crippen LogP contribution in [0.3, 0.4) is 0 Å². The molecule has 3 heterocycles. The van der Waals surface area contributed by atoms with Gasteiger partial charge in [-0.05, 0) is 18.6 Å². The average Bonchev–Trinajstić information content (AvgIpc) is 2.86. The Morgan fingerprint density at radius 1 is 1.48 bits per heavy atom. The molecule has 5 nitrogen and oxygen atoms in total. The molecular formula is C15H20N4OS. The second-order valence-electron chi connectivity index (χ2n) is 5.31. The van der Waals surface area contributed by atoms with Crippen molar-refractivity contribution in [3.05, 3.63) is 24.3 Å². The molecular weight excluding hydrogens is 284 g/mol. The highest BCUT2D eigenvalue weighted by atomic mass is 32.2. The number of imidazole rings is 1. The van der Waals surface area contributed by atoms with Gasteiger partial charge in [-0.25, -0.2) is 4.98 Å². The molecule has 2 aromatic rings. The number of likely N-dealkylation sites (tertiary alicyclic amines) is 1. The first-order chi connectivity index (χ1) is 10.3. The van der Waals surface area contributed by atoms with Crippen molar-refractivity contribution < 1.29 is 4.79 Å². The number of amides is 1. The molecule has 1 N–H and O–H groups in total. The predicted octanol–water partition coefficient (Wildman–Crippen LogP) is 2.71. The van der Waals surface area contributed by atoms with Crippen molar-refractivity contribution >= 4 is 28.7 Å². The summed E-state index contributed by atoms with van der Waals surface area (Å²) >= 11 is 1.96. The van der Waals surface area contributed by atoms with Crippen LogP contribution in [0.1, 0.15) is 36.5 Å². The minimum Gasteiger partial charge on any atom is -0.343 e. The summed E-state index contributed by atoms with van der Waals surface area (Å²) < 4.78 is 0. The third kappa shape index (κ3) is 3.05. The SMILES string of the molecule is CCSC1CCCCN(C(=O)c2cncc3[nH]cnc23)C1. The Morgan fingerprint density at radius 2 is 2.38 bits per heavy atom. The first-order valence-electron chi connectivity index (χ1n) is 7.47. The monoisotopic (exact) mass is 304 g/mol. The van der Waals surface area contributed by atoms with Crippen LogP contribution in [0.2, 0.25) is 0 Å². The predicted molar refractivity (Wildman–Crippen MR) is 85.6 cm³/mol. The lowest BCUT2D eigenvalue weighted by Gasteiger charge is -2.24. The lowest BCUT2D eigenvalue weighted by molar-refractivity contribution is 0.0765. The van der Waals surface area contributed by atoms with E-state index in [0.717, 1.165) is 36.3 Å². The second-order valence-corrected chi connectivity index (χ2v) is 6.89. The number of fused-ring (bicyclic) bond motifs is 1. The van der Waals surface area contributed by atoms with Crippen molar-refractivity contribution in [2.45, 2.75) is 31.4 Å². The Hall–Kier alpha value is -1.56. The van der Waals surface area contributed by atoms with E-state index in [-0.39, 0.29) is 5.91 Å². The van der Waals surface area contributed by atoms with Gasteiger partial charge >= 0.3 is 0 Å². The molecule has 0 saturated carbocycles. The Labute approximate surface area is 128 Å². The van der Waals surface area contributed by atoms with Crippen LogP contribution in [0.4, 0.5) is 0 Å². The zero-order chi connectivity index (χ0) is 14.7. The van der Waals surface area contributed by atoms with Crippen LogP contribution in [0.25, 0.3) is 11.0 Å². The van der Waals surface area contributed by atoms with Crippen LogP contribution in [0, 0.1) is 0 Å². The molecule has 2 aromatic heterocycles. The molecule has 0 spiro atoms. The van der Waals surface area contributed by atoms with Gasteiger partial charge in [0.1, 0.15) is 5.52 Å². The van der Waals surface area contributed by atoms with Crippen molar-refractivity contribution in [1.82, 2.24) is 19.9 Å². The topological polar surface area (TPSA) is 61.9 Å². The van der Waals surface area contributed by atoms with E-state index in [0.29, 0.717) is 10.8 Å². The zero-order valence-electron chi connectivity index (χ0n) is 12.2. The zero-order valence-corrected chi connectivity index (χ0v) is 13.0. The Morgan fingerprint density at radius 3 is 3.24 bits per heavy atom. The summed E-state index contributed by atoms with van der Waals surface area (Å²) in [6.45, 7) is 3.84. The number of rotatable bonds is 3. The number of carbonyl (C=O) groups is 1. The second kappa shape index (κ2) is 6.47. The largest absolute Gasteiger partial charge is 0.343 e. The van der Waals surface area contributed by atoms with Crippen molar-refractivity contribution in [2.24, 2.45) is 0 Å². The molecule has 0 bridgehead atoms. The average molecular weight is 304 g/mol. The van der Waals surface area contributed by atoms with Gasteiger partial charge in [0.25, 0.3) is 5.91 Å². The van der Waals surface area contributed by atoms with E-state index < -0.39 is 0 Å². The summed E-state index contributed by atoms with van der Waals surface area (Å²) in [6.07, 6.45) is 8.44. The molecule has 21 heavy (non-hydrogen) atoms. The van der Waals surface area contributed by atoms with Crippen LogP contribution in [-0.2, 0) is 0 Å². The van der Waals surface area contributed by atoms with Gasteiger partial charge in [0.05, 0.1) is 23.6 Å². The Balaban J connectivity index is 1.84. The summed E-state index contributed by atoms with van der Waals surface area (Å²) in [6, 6.07) is 0. The van der Waals surface area contributed by atoms with Crippen LogP contribution in [0.15, 0.2) is 18.7 Å². The fourth-order valence-electron chi connectivity index (χ4n) is 2.85. The number of pyridine rings is 1. The number of nitrogens with one attached hydrogen (secondary N) is 1. The molecule has 0 aliphatic carbocycles. The molecule has 1 aliphatic rings. The van der Waals surface area contributed by atoms with Crippen LogP contribution in [-0.4, -0.2) is 49.9 Å². The molecule has 0 aromatic carbocycles. The lowest BCUT2D eigenvalue weighted by atomic mass is 10.2. The van der Waals surface area contributed by atoms with Gasteiger partial charge in [-0.2, -0.15) is 11.8 Å². The molecule has 1 atom stereocenters. The normalized spacial score (nSPS) is 19.7. The van der Waals surface area contributed by atoms with Crippen LogP contribution >= 0.6 is 11.8 Å². The summed E-state index contributed by atoms with van der Waals surface area (Å²) in [5.74, 6) is 1.16. The van der Waals surface area contributed by atoms with E-state index in [2.05, 4.69) is 21.9 Å². The molecule has 3 rings (SSSR count). The third-order valence-corrected chi connectivity index (χ3v) is 5.07. The van der Waals surface area contributed by atoms with E-state index in [4.69, 9.17) is 0 Å². The highest BCUT2D eigenvalue weighted by Crippen LogP contribution is 2.24. The Bertz CT molecular complexity index is 627. The standard InChI is InChI=1S/C15H20N4OS/c1-2-21-11-5-3-4-6-19(9-11)15(20)12-7-16-8-13-14(12)18-10-17-13/h7-8,10-11H,2-6,9H2,1H3,(H,17,18). The van der Waals surface area contributed by atoms with Gasteiger partial charge in [0.15, 0.2) is 0 Å². The summed E-state index contributed by atoms with van der Waals surface area (Å²) in [5, 5.41) is 0.549. The third-order valence-electron chi connectivity index (χ3n) is 3.88. The number of carbonyl (C=O) groups excluding carboxylic acids is 1. The fraction of sp³-hybridized carbons (Fsp3) is 0.533. The maximum atomic E-state index is 12.8. The quantitative estimate of drug-likeness (QED) is 0.947. The minimum absolute atomic E-state index is 0.0591. The van der Waals surface area contributed by atoms with E-state index >= 15 is 0 Å². The number of thioether (sulfide) groups is 1. The van der Waals surface area contributed by atoms with Crippen molar-refractivity contribution in [3.8, 4) is 0 Å². The number of hydrogen-bond acceptors (Lipinski definition) is 4. The van der Waals surface area contributed by atoms with Crippen molar-refractivity contribution in [1.29, 1.82) is 0 Å². The molecule has 1 unspecified atom stereocenters. The van der Waals surface area contributed by atoms with E-state index in [1.807, 2.05) is 16.7 Å². The van der Waals surface area contributed by atoms with Gasteiger partial charge in [-0.1, -0.05) is 13.3 Å². The molecule has 0 radical (unpaired) electrons. The Kier molecular flexibility index (Phi) is 4.43. The minimum atomic E-state index is 0.0591. The highest BCUT2D eigenvalue weighted by molar-refractivity contribution is 7.99. The van der Waals surface area contributed by atoms with E-state index in [1.165, 1.54) is 12.8 Å². The molecule has 112 valence electrons. The summed E-state index contributed by atoms with van der Waals surface area (Å²) in [5.41, 5.74) is 2.14. The van der Waals surface area contributed by atoms with Crippen LogP contribution < -0.4 is 0 Å². The van der Waals surface area contributed by atoms with E-state index in [1.54, 1.807) is 18.7 Å². The van der Waals surface area contributed by atoms with Gasteiger partial charge in [-0.15, -0.1) is 0 Å². The molecule has 1 fully saturated rings. The number of hydrogen-bond donors (Lipinski definition) is 1. The van der Waals surface area contributed by atoms with E-state index in [9.17, 15) is 4.79 Å². The highest BCUT2D eigenvalue weighted by Gasteiger charge is 2.24. The fourth-order valence-corrected chi connectivity index (χ4v) is 3.94. The molecule has 1 aliphatic heterocycles. The first kappa shape index (κ1) is 14.4. The maximum absolute atomic E-state index is 12.8. The summed E-state index contributed by atoms with van der Waals surface area (Å²) in [4.78, 5) is 26.2. The molecule has 1 amide bonds. The van der Waals surface area contributed by atoms with Crippen LogP contribution in [0.5, 0.6) is 0 Å². The number of aromatic amines is 1. The van der Waals surface area contributed by atoms with Gasteiger partial charge in [-0.3, -0.25) is 9.78 Å². The number of aromatic nitrogens is 3. The molecule has 6 heteroatoms. The summed E-state index contributed by atoms with van der Waals surface area (Å²) in [7, 11) is 0. The maximum Gasteiger partial charge on any atom is 0.257 e. The van der Waals surface area contributed by atoms with Gasteiger partial charge < -0.3 is 9.88 Å². The lowest BCUT2D eigenvalue weighted by Crippen LogP contribution is -2.35. The van der Waals surface area contributed by atoms with Crippen molar-refractivity contribution in [3.63, 3.8) is 0 Å². The number of H-pyrrole nitrogens is 1. The van der Waals surface area contributed by atoms with Gasteiger partial charge in [0, 0.05) is 24.5 Å². The first-order valence-corrected chi connectivity index (χ1v) is 8.52. The number of nitrogens with zero attached hydrogens (tertiary/aromatic N) is 3. The molecule has 1 saturated heterocycles. The smallest absolute Gasteiger partial charge is 0.257 e. The van der Waals surface area contributed by atoms with Gasteiger partial charge in [0.2, 0.25) is 0 Å². The van der Waals surface area contributed by atoms with Crippen molar-refractivity contribution in [2.75, 3.05) is 18.8 Å².